The van der Waals surface area contributed by atoms with Crippen molar-refractivity contribution in [3.05, 3.63) is 34.9 Å². The highest BCUT2D eigenvalue weighted by atomic mass is 35.5. The SMILES string of the molecule is COCC(C)OC(CNC1CC1)c1cccc(Cl)c1. The molecule has 0 aliphatic heterocycles. The van der Waals surface area contributed by atoms with E-state index in [1.165, 1.54) is 12.8 Å². The molecule has 106 valence electrons. The first-order valence-electron chi connectivity index (χ1n) is 6.82. The number of hydrogen-bond donors (Lipinski definition) is 1. The molecule has 1 fully saturated rings. The monoisotopic (exact) mass is 283 g/mol. The van der Waals surface area contributed by atoms with Crippen LogP contribution in [-0.2, 0) is 9.47 Å². The Balaban J connectivity index is 1.99. The number of nitrogens with one attached hydrogen (secondary N) is 1. The van der Waals surface area contributed by atoms with Crippen LogP contribution in [0.15, 0.2) is 24.3 Å². The lowest BCUT2D eigenvalue weighted by molar-refractivity contribution is -0.0394. The van der Waals surface area contributed by atoms with Crippen LogP contribution in [0.4, 0.5) is 0 Å². The maximum atomic E-state index is 6.06. The van der Waals surface area contributed by atoms with Gasteiger partial charge in [-0.15, -0.1) is 0 Å². The van der Waals surface area contributed by atoms with Gasteiger partial charge in [0.15, 0.2) is 0 Å². The van der Waals surface area contributed by atoms with Crippen LogP contribution in [0.2, 0.25) is 5.02 Å². The van der Waals surface area contributed by atoms with Crippen LogP contribution in [0.3, 0.4) is 0 Å². The summed E-state index contributed by atoms with van der Waals surface area (Å²) >= 11 is 6.06. The zero-order valence-corrected chi connectivity index (χ0v) is 12.3. The van der Waals surface area contributed by atoms with Gasteiger partial charge < -0.3 is 14.8 Å². The summed E-state index contributed by atoms with van der Waals surface area (Å²) in [6, 6.07) is 8.55. The number of benzene rings is 1. The molecule has 2 rings (SSSR count). The highest BCUT2D eigenvalue weighted by Gasteiger charge is 2.23. The van der Waals surface area contributed by atoms with Crippen LogP contribution >= 0.6 is 11.6 Å². The van der Waals surface area contributed by atoms with Crippen LogP contribution in [0.25, 0.3) is 0 Å². The topological polar surface area (TPSA) is 30.5 Å². The van der Waals surface area contributed by atoms with Gasteiger partial charge in [0.2, 0.25) is 0 Å². The van der Waals surface area contributed by atoms with Crippen LogP contribution in [0, 0.1) is 0 Å². The summed E-state index contributed by atoms with van der Waals surface area (Å²) in [5.74, 6) is 0. The molecule has 1 N–H and O–H groups in total. The van der Waals surface area contributed by atoms with E-state index in [2.05, 4.69) is 11.4 Å². The summed E-state index contributed by atoms with van der Waals surface area (Å²) in [5.41, 5.74) is 1.11. The summed E-state index contributed by atoms with van der Waals surface area (Å²) in [6.45, 7) is 3.44. The molecule has 0 aromatic heterocycles. The molecule has 0 saturated heterocycles. The summed E-state index contributed by atoms with van der Waals surface area (Å²) in [7, 11) is 1.69. The second-order valence-electron chi connectivity index (χ2n) is 5.13. The van der Waals surface area contributed by atoms with E-state index in [1.807, 2.05) is 25.1 Å². The second kappa shape index (κ2) is 7.25. The number of methoxy groups -OCH3 is 1. The van der Waals surface area contributed by atoms with Gasteiger partial charge in [-0.1, -0.05) is 23.7 Å². The van der Waals surface area contributed by atoms with Crippen molar-refractivity contribution in [2.45, 2.75) is 38.0 Å². The molecule has 3 nitrogen and oxygen atoms in total. The summed E-state index contributed by atoms with van der Waals surface area (Å²) < 4.78 is 11.2. The Morgan fingerprint density at radius 3 is 2.84 bits per heavy atom. The number of ether oxygens (including phenoxy) is 2. The smallest absolute Gasteiger partial charge is 0.0954 e. The zero-order chi connectivity index (χ0) is 13.7. The molecule has 19 heavy (non-hydrogen) atoms. The largest absolute Gasteiger partial charge is 0.382 e. The van der Waals surface area contributed by atoms with E-state index < -0.39 is 0 Å². The van der Waals surface area contributed by atoms with E-state index in [0.29, 0.717) is 12.6 Å². The van der Waals surface area contributed by atoms with Gasteiger partial charge >= 0.3 is 0 Å². The molecule has 4 heteroatoms. The van der Waals surface area contributed by atoms with Crippen LogP contribution < -0.4 is 5.32 Å². The van der Waals surface area contributed by atoms with E-state index in [9.17, 15) is 0 Å². The molecule has 1 aromatic rings. The van der Waals surface area contributed by atoms with Gasteiger partial charge in [0.25, 0.3) is 0 Å². The average Bonchev–Trinajstić information content (AvgIpc) is 3.18. The molecule has 0 spiro atoms. The molecule has 1 saturated carbocycles. The van der Waals surface area contributed by atoms with E-state index in [4.69, 9.17) is 21.1 Å². The second-order valence-corrected chi connectivity index (χ2v) is 5.56. The van der Waals surface area contributed by atoms with Crippen LogP contribution in [0.1, 0.15) is 31.4 Å². The Hall–Kier alpha value is -0.610. The summed E-state index contributed by atoms with van der Waals surface area (Å²) in [6.07, 6.45) is 2.63. The fourth-order valence-corrected chi connectivity index (χ4v) is 2.27. The number of halogens is 1. The molecule has 0 amide bonds. The highest BCUT2D eigenvalue weighted by Crippen LogP contribution is 2.24. The molecule has 2 unspecified atom stereocenters. The van der Waals surface area contributed by atoms with Crippen molar-refractivity contribution in [1.29, 1.82) is 0 Å². The molecule has 0 bridgehead atoms. The Morgan fingerprint density at radius 1 is 1.42 bits per heavy atom. The quantitative estimate of drug-likeness (QED) is 0.795. The average molecular weight is 284 g/mol. The van der Waals surface area contributed by atoms with Gasteiger partial charge in [-0.25, -0.2) is 0 Å². The predicted octanol–water partition coefficient (Wildman–Crippen LogP) is 3.18. The third-order valence-corrected chi connectivity index (χ3v) is 3.42. The normalized spacial score (nSPS) is 18.3. The number of rotatable bonds is 8. The molecule has 0 radical (unpaired) electrons. The third kappa shape index (κ3) is 5.11. The highest BCUT2D eigenvalue weighted by molar-refractivity contribution is 6.30. The predicted molar refractivity (Wildman–Crippen MR) is 77.6 cm³/mol. The lowest BCUT2D eigenvalue weighted by Crippen LogP contribution is -2.28. The van der Waals surface area contributed by atoms with E-state index in [0.717, 1.165) is 17.1 Å². The minimum absolute atomic E-state index is 0.0180. The van der Waals surface area contributed by atoms with Crippen molar-refractivity contribution in [2.24, 2.45) is 0 Å². The number of hydrogen-bond acceptors (Lipinski definition) is 3. The van der Waals surface area contributed by atoms with Gasteiger partial charge in [0.1, 0.15) is 0 Å². The van der Waals surface area contributed by atoms with Crippen molar-refractivity contribution < 1.29 is 9.47 Å². The van der Waals surface area contributed by atoms with Gasteiger partial charge in [0.05, 0.1) is 18.8 Å². The van der Waals surface area contributed by atoms with Crippen LogP contribution in [0.5, 0.6) is 0 Å². The molecular weight excluding hydrogens is 262 g/mol. The Morgan fingerprint density at radius 2 is 2.21 bits per heavy atom. The zero-order valence-electron chi connectivity index (χ0n) is 11.6. The van der Waals surface area contributed by atoms with Crippen molar-refractivity contribution in [1.82, 2.24) is 5.32 Å². The van der Waals surface area contributed by atoms with Gasteiger partial charge in [-0.2, -0.15) is 0 Å². The van der Waals surface area contributed by atoms with E-state index >= 15 is 0 Å². The maximum absolute atomic E-state index is 6.06. The van der Waals surface area contributed by atoms with Crippen molar-refractivity contribution >= 4 is 11.6 Å². The van der Waals surface area contributed by atoms with Crippen molar-refractivity contribution in [3.63, 3.8) is 0 Å². The molecule has 2 atom stereocenters. The van der Waals surface area contributed by atoms with Gasteiger partial charge in [-0.05, 0) is 37.5 Å². The lowest BCUT2D eigenvalue weighted by atomic mass is 10.1. The summed E-state index contributed by atoms with van der Waals surface area (Å²) in [5, 5.41) is 4.26. The van der Waals surface area contributed by atoms with E-state index in [1.54, 1.807) is 7.11 Å². The third-order valence-electron chi connectivity index (χ3n) is 3.19. The van der Waals surface area contributed by atoms with Gasteiger partial charge in [0, 0.05) is 24.7 Å². The van der Waals surface area contributed by atoms with Crippen molar-refractivity contribution in [3.8, 4) is 0 Å². The fraction of sp³-hybridized carbons (Fsp3) is 0.600. The van der Waals surface area contributed by atoms with Crippen LogP contribution in [-0.4, -0.2) is 32.4 Å². The minimum Gasteiger partial charge on any atom is -0.382 e. The fourth-order valence-electron chi connectivity index (χ4n) is 2.07. The maximum Gasteiger partial charge on any atom is 0.0954 e. The first kappa shape index (κ1) is 14.8. The first-order chi connectivity index (χ1) is 9.19. The first-order valence-corrected chi connectivity index (χ1v) is 7.20. The molecule has 1 aromatic carbocycles. The Kier molecular flexibility index (Phi) is 5.64. The van der Waals surface area contributed by atoms with E-state index in [-0.39, 0.29) is 12.2 Å². The minimum atomic E-state index is 0.0180. The standard InChI is InChI=1S/C15H22ClNO2/c1-11(10-18-2)19-15(9-17-14-6-7-14)12-4-3-5-13(16)8-12/h3-5,8,11,14-15,17H,6-7,9-10H2,1-2H3. The molecule has 1 aliphatic rings. The van der Waals surface area contributed by atoms with Crippen molar-refractivity contribution in [2.75, 3.05) is 20.3 Å². The lowest BCUT2D eigenvalue weighted by Gasteiger charge is -2.23. The Labute approximate surface area is 120 Å². The molecular formula is C15H22ClNO2. The molecule has 0 heterocycles. The summed E-state index contributed by atoms with van der Waals surface area (Å²) in [4.78, 5) is 0. The Bertz CT molecular complexity index is 395. The van der Waals surface area contributed by atoms with Gasteiger partial charge in [-0.3, -0.25) is 0 Å². The molecule has 1 aliphatic carbocycles.